The van der Waals surface area contributed by atoms with E-state index in [4.69, 9.17) is 11.3 Å². The van der Waals surface area contributed by atoms with E-state index in [2.05, 4.69) is 9.83 Å². The zero-order valence-electron chi connectivity index (χ0n) is 21.1. The van der Waals surface area contributed by atoms with Crippen LogP contribution in [-0.2, 0) is 21.4 Å². The van der Waals surface area contributed by atoms with Crippen molar-refractivity contribution < 1.29 is 17.9 Å². The van der Waals surface area contributed by atoms with Gasteiger partial charge in [-0.3, -0.25) is 0 Å². The number of hydrogen-bond acceptors (Lipinski definition) is 6. The number of likely N-dealkylation sites (tertiary alicyclic amines) is 1. The third-order valence-electron chi connectivity index (χ3n) is 6.94. The van der Waals surface area contributed by atoms with Crippen molar-refractivity contribution >= 4 is 38.5 Å². The van der Waals surface area contributed by atoms with Gasteiger partial charge in [-0.25, -0.2) is 27.0 Å². The summed E-state index contributed by atoms with van der Waals surface area (Å²) in [5.41, 5.74) is 2.06. The number of hydrogen-bond donors (Lipinski definition) is 0. The first-order chi connectivity index (χ1) is 18.3. The van der Waals surface area contributed by atoms with Crippen LogP contribution in [0.15, 0.2) is 84.0 Å². The fourth-order valence-electron chi connectivity index (χ4n) is 4.97. The molecule has 194 valence electrons. The summed E-state index contributed by atoms with van der Waals surface area (Å²) in [5, 5.41) is 0.554. The van der Waals surface area contributed by atoms with Crippen LogP contribution in [0.5, 0.6) is 0 Å². The molecule has 10 heteroatoms. The monoisotopic (exact) mass is 529 g/mol. The van der Waals surface area contributed by atoms with Crippen molar-refractivity contribution in [2.45, 2.75) is 24.5 Å². The van der Waals surface area contributed by atoms with Gasteiger partial charge in [-0.2, -0.15) is 0 Å². The second-order valence-electron chi connectivity index (χ2n) is 9.37. The summed E-state index contributed by atoms with van der Waals surface area (Å²) in [6, 6.07) is 19.2. The molecule has 1 aliphatic rings. The number of benzene rings is 2. The minimum atomic E-state index is -3.87. The highest BCUT2D eigenvalue weighted by Gasteiger charge is 2.37. The van der Waals surface area contributed by atoms with Crippen molar-refractivity contribution in [2.75, 3.05) is 25.0 Å². The maximum atomic E-state index is 13.3. The Morgan fingerprint density at radius 3 is 2.47 bits per heavy atom. The van der Waals surface area contributed by atoms with Crippen LogP contribution in [0.1, 0.15) is 12.5 Å². The average molecular weight is 530 g/mol. The fourth-order valence-corrected chi connectivity index (χ4v) is 6.29. The van der Waals surface area contributed by atoms with E-state index in [1.54, 1.807) is 29.2 Å². The Morgan fingerprint density at radius 2 is 1.79 bits per heavy atom. The van der Waals surface area contributed by atoms with E-state index in [0.717, 1.165) is 9.54 Å². The maximum absolute atomic E-state index is 13.3. The number of pyridine rings is 1. The van der Waals surface area contributed by atoms with Crippen LogP contribution in [0, 0.1) is 12.5 Å². The molecule has 2 atom stereocenters. The molecular weight excluding hydrogens is 502 g/mol. The first-order valence-corrected chi connectivity index (χ1v) is 13.6. The van der Waals surface area contributed by atoms with Gasteiger partial charge in [-0.15, -0.1) is 0 Å². The van der Waals surface area contributed by atoms with Crippen LogP contribution in [0.3, 0.4) is 0 Å². The maximum Gasteiger partial charge on any atom is 0.410 e. The number of carbonyl (C=O) groups excluding carboxylic acids is 1. The molecule has 2 aromatic carbocycles. The van der Waals surface area contributed by atoms with E-state index in [1.165, 1.54) is 24.5 Å². The molecule has 0 aliphatic carbocycles. The lowest BCUT2D eigenvalue weighted by Crippen LogP contribution is -2.38. The van der Waals surface area contributed by atoms with E-state index in [9.17, 15) is 13.2 Å². The Morgan fingerprint density at radius 1 is 1.11 bits per heavy atom. The van der Waals surface area contributed by atoms with Gasteiger partial charge in [-0.05, 0) is 29.7 Å². The first-order valence-electron chi connectivity index (χ1n) is 12.2. The molecule has 1 fully saturated rings. The van der Waals surface area contributed by atoms with E-state index in [0.29, 0.717) is 29.9 Å². The van der Waals surface area contributed by atoms with Crippen LogP contribution in [0.4, 0.5) is 16.2 Å². The summed E-state index contributed by atoms with van der Waals surface area (Å²) in [4.78, 5) is 24.6. The number of amides is 1. The minimum Gasteiger partial charge on any atom is -0.445 e. The molecule has 38 heavy (non-hydrogen) atoms. The summed E-state index contributed by atoms with van der Waals surface area (Å²) in [6.07, 6.45) is 2.49. The molecule has 1 aliphatic heterocycles. The third kappa shape index (κ3) is 4.57. The molecule has 5 rings (SSSR count). The van der Waals surface area contributed by atoms with Crippen molar-refractivity contribution in [1.82, 2.24) is 13.9 Å². The van der Waals surface area contributed by atoms with Gasteiger partial charge in [0, 0.05) is 44.0 Å². The second-order valence-corrected chi connectivity index (χ2v) is 11.2. The van der Waals surface area contributed by atoms with Gasteiger partial charge < -0.3 is 14.5 Å². The molecule has 1 unspecified atom stereocenters. The number of carbonyl (C=O) groups is 1. The van der Waals surface area contributed by atoms with Gasteiger partial charge in [0.2, 0.25) is 5.69 Å². The lowest BCUT2D eigenvalue weighted by Gasteiger charge is -2.30. The molecule has 1 saturated heterocycles. The summed E-state index contributed by atoms with van der Waals surface area (Å²) in [7, 11) is -2.01. The van der Waals surface area contributed by atoms with Crippen molar-refractivity contribution in [3.8, 4) is 0 Å². The highest BCUT2D eigenvalue weighted by Crippen LogP contribution is 2.39. The molecular formula is C28H27N5O4S. The Labute approximate surface area is 221 Å². The highest BCUT2D eigenvalue weighted by molar-refractivity contribution is 7.90. The third-order valence-corrected chi connectivity index (χ3v) is 8.62. The van der Waals surface area contributed by atoms with Gasteiger partial charge in [0.25, 0.3) is 10.0 Å². The van der Waals surface area contributed by atoms with E-state index >= 15 is 0 Å². The summed E-state index contributed by atoms with van der Waals surface area (Å²) >= 11 is 0. The number of rotatable bonds is 6. The number of aromatic nitrogens is 2. The summed E-state index contributed by atoms with van der Waals surface area (Å²) in [6.45, 7) is 10.9. The van der Waals surface area contributed by atoms with E-state index in [-0.39, 0.29) is 35.2 Å². The predicted octanol–water partition coefficient (Wildman–Crippen LogP) is 4.92. The van der Waals surface area contributed by atoms with Crippen molar-refractivity contribution in [2.24, 2.45) is 5.92 Å². The lowest BCUT2D eigenvalue weighted by molar-refractivity contribution is 0.103. The zero-order chi connectivity index (χ0) is 26.9. The topological polar surface area (TPSA) is 89.1 Å². The van der Waals surface area contributed by atoms with Crippen LogP contribution in [0.2, 0.25) is 0 Å². The van der Waals surface area contributed by atoms with Crippen LogP contribution < -0.4 is 4.90 Å². The van der Waals surface area contributed by atoms with Gasteiger partial charge >= 0.3 is 6.09 Å². The van der Waals surface area contributed by atoms with Crippen LogP contribution in [-0.4, -0.2) is 54.5 Å². The van der Waals surface area contributed by atoms with E-state index in [1.807, 2.05) is 49.2 Å². The Bertz CT molecular complexity index is 1610. The van der Waals surface area contributed by atoms with Gasteiger partial charge in [-0.1, -0.05) is 55.5 Å². The molecule has 0 N–H and O–H groups in total. The first kappa shape index (κ1) is 25.3. The number of anilines is 1. The van der Waals surface area contributed by atoms with Gasteiger partial charge in [0.1, 0.15) is 6.61 Å². The van der Waals surface area contributed by atoms with Gasteiger partial charge in [0.05, 0.1) is 17.2 Å². The lowest BCUT2D eigenvalue weighted by atomic mass is 10.0. The number of nitrogens with zero attached hydrogens (tertiary/aromatic N) is 5. The van der Waals surface area contributed by atoms with Crippen molar-refractivity contribution in [3.63, 3.8) is 0 Å². The molecule has 0 bridgehead atoms. The summed E-state index contributed by atoms with van der Waals surface area (Å²) in [5.74, 6) is 0.0845. The van der Waals surface area contributed by atoms with Crippen molar-refractivity contribution in [3.05, 3.63) is 96.1 Å². The Kier molecular flexibility index (Phi) is 6.78. The predicted molar refractivity (Wildman–Crippen MR) is 145 cm³/mol. The van der Waals surface area contributed by atoms with Crippen molar-refractivity contribution in [1.29, 1.82) is 0 Å². The van der Waals surface area contributed by atoms with Gasteiger partial charge in [0.15, 0.2) is 5.65 Å². The molecule has 4 aromatic rings. The zero-order valence-corrected chi connectivity index (χ0v) is 21.9. The fraction of sp³-hybridized carbons (Fsp3) is 0.250. The smallest absolute Gasteiger partial charge is 0.410 e. The van der Waals surface area contributed by atoms with Crippen LogP contribution in [0.25, 0.3) is 15.9 Å². The minimum absolute atomic E-state index is 0.0845. The summed E-state index contributed by atoms with van der Waals surface area (Å²) < 4.78 is 33.3. The highest BCUT2D eigenvalue weighted by atomic mass is 32.2. The average Bonchev–Trinajstić information content (AvgIpc) is 3.56. The SMILES string of the molecule is [C-]#[N+]c1cnc2c(ccn2S(=O)(=O)c2ccccc2)c1N(C)C1CN(C(=O)OCc2ccccc2)C[C@H]1C. The standard InChI is InChI=1S/C28H27N5O4S/c1-20-17-32(28(34)37-19-21-10-6-4-7-11-21)18-25(20)31(3)26-23-14-15-33(27(23)30-16-24(26)29-2)38(35,36)22-12-8-5-9-13-22/h4-16,20,25H,17-19H2,1,3H3/t20-,25?/m1/s1. The van der Waals surface area contributed by atoms with E-state index < -0.39 is 10.0 Å². The molecule has 2 aromatic heterocycles. The molecule has 0 spiro atoms. The molecule has 0 saturated carbocycles. The molecule has 1 amide bonds. The number of fused-ring (bicyclic) bond motifs is 1. The molecule has 0 radical (unpaired) electrons. The Hall–Kier alpha value is -4.36. The normalized spacial score (nSPS) is 17.3. The number of ether oxygens (including phenoxy) is 1. The molecule has 9 nitrogen and oxygen atoms in total. The largest absolute Gasteiger partial charge is 0.445 e. The van der Waals surface area contributed by atoms with Crippen LogP contribution >= 0.6 is 0 Å². The molecule has 3 heterocycles. The quantitative estimate of drug-likeness (QED) is 0.330. The second kappa shape index (κ2) is 10.2. The number of likely N-dealkylation sites (N-methyl/N-ethyl adjacent to an activating group) is 1. The Balaban J connectivity index is 1.43.